The number of hydrogen-bond acceptors (Lipinski definition) is 5. The zero-order valence-corrected chi connectivity index (χ0v) is 14.5. The monoisotopic (exact) mass is 354 g/mol. The van der Waals surface area contributed by atoms with Crippen molar-refractivity contribution in [2.45, 2.75) is 44.0 Å². The molecule has 0 heterocycles. The van der Waals surface area contributed by atoms with E-state index in [9.17, 15) is 13.2 Å². The van der Waals surface area contributed by atoms with E-state index in [0.29, 0.717) is 18.6 Å². The lowest BCUT2D eigenvalue weighted by Gasteiger charge is -2.16. The topological polar surface area (TPSA) is 105 Å². The van der Waals surface area contributed by atoms with Crippen molar-refractivity contribution in [3.63, 3.8) is 0 Å². The Hall–Kier alpha value is -2.08. The van der Waals surface area contributed by atoms with Gasteiger partial charge in [-0.1, -0.05) is 25.7 Å². The Kier molecular flexibility index (Phi) is 8.26. The molecule has 1 rings (SSSR count). The van der Waals surface area contributed by atoms with Crippen LogP contribution in [0.1, 0.15) is 33.1 Å². The molecule has 0 saturated heterocycles. The molecule has 0 aliphatic carbocycles. The molecule has 0 aliphatic heterocycles. The lowest BCUT2D eigenvalue weighted by molar-refractivity contribution is -0.131. The maximum absolute atomic E-state index is 12.4. The summed E-state index contributed by atoms with van der Waals surface area (Å²) in [4.78, 5) is 11.6. The van der Waals surface area contributed by atoms with Crippen molar-refractivity contribution >= 4 is 15.9 Å². The molecular formula is C16H22N2O5S. The van der Waals surface area contributed by atoms with E-state index in [0.717, 1.165) is 6.42 Å². The fourth-order valence-corrected chi connectivity index (χ4v) is 3.12. The third kappa shape index (κ3) is 6.20. The van der Waals surface area contributed by atoms with Gasteiger partial charge < -0.3 is 4.74 Å². The smallest absolute Gasteiger partial charge is 0.261 e. The quantitative estimate of drug-likeness (QED) is 0.353. The second kappa shape index (κ2) is 9.93. The highest BCUT2D eigenvalue weighted by Gasteiger charge is 2.25. The van der Waals surface area contributed by atoms with Gasteiger partial charge >= 0.3 is 0 Å². The molecule has 7 nitrogen and oxygen atoms in total. The number of benzene rings is 1. The fraction of sp³-hybridized carbons (Fsp3) is 0.438. The first-order valence-electron chi connectivity index (χ1n) is 7.53. The van der Waals surface area contributed by atoms with Gasteiger partial charge in [0.1, 0.15) is 18.4 Å². The first-order chi connectivity index (χ1) is 11.4. The van der Waals surface area contributed by atoms with Crippen molar-refractivity contribution in [2.75, 3.05) is 6.61 Å². The van der Waals surface area contributed by atoms with E-state index in [4.69, 9.17) is 9.94 Å². The van der Waals surface area contributed by atoms with Gasteiger partial charge in [-0.05, 0) is 37.6 Å². The Balaban J connectivity index is 2.84. The summed E-state index contributed by atoms with van der Waals surface area (Å²) in [6.45, 7) is 3.84. The van der Waals surface area contributed by atoms with Crippen LogP contribution in [0.15, 0.2) is 29.2 Å². The second-order valence-corrected chi connectivity index (χ2v) is 6.69. The van der Waals surface area contributed by atoms with Crippen molar-refractivity contribution in [1.82, 2.24) is 10.2 Å². The summed E-state index contributed by atoms with van der Waals surface area (Å²) in [5.74, 6) is 5.13. The van der Waals surface area contributed by atoms with Crippen LogP contribution < -0.4 is 14.9 Å². The minimum absolute atomic E-state index is 0.00339. The Morgan fingerprint density at radius 3 is 2.54 bits per heavy atom. The second-order valence-electron chi connectivity index (χ2n) is 4.98. The fourth-order valence-electron chi connectivity index (χ4n) is 1.89. The van der Waals surface area contributed by atoms with Crippen molar-refractivity contribution in [3.05, 3.63) is 24.3 Å². The molecule has 0 bridgehead atoms. The van der Waals surface area contributed by atoms with Gasteiger partial charge in [0, 0.05) is 0 Å². The summed E-state index contributed by atoms with van der Waals surface area (Å²) >= 11 is 0. The van der Waals surface area contributed by atoms with Crippen molar-refractivity contribution < 1.29 is 23.2 Å². The van der Waals surface area contributed by atoms with Crippen molar-refractivity contribution in [2.24, 2.45) is 0 Å². The average Bonchev–Trinajstić information content (AvgIpc) is 2.58. The van der Waals surface area contributed by atoms with Gasteiger partial charge in [0.15, 0.2) is 0 Å². The van der Waals surface area contributed by atoms with E-state index >= 15 is 0 Å². The molecule has 0 fully saturated rings. The molecule has 0 aliphatic rings. The van der Waals surface area contributed by atoms with E-state index < -0.39 is 22.0 Å². The molecule has 24 heavy (non-hydrogen) atoms. The molecule has 132 valence electrons. The summed E-state index contributed by atoms with van der Waals surface area (Å²) in [7, 11) is -3.89. The molecule has 0 radical (unpaired) electrons. The van der Waals surface area contributed by atoms with Gasteiger partial charge in [0.2, 0.25) is 10.0 Å². The zero-order valence-electron chi connectivity index (χ0n) is 13.7. The molecule has 0 unspecified atom stereocenters. The lowest BCUT2D eigenvalue weighted by Crippen LogP contribution is -2.45. The first kappa shape index (κ1) is 20.0. The van der Waals surface area contributed by atoms with Crippen LogP contribution in [0.25, 0.3) is 0 Å². The Morgan fingerprint density at radius 2 is 2.00 bits per heavy atom. The van der Waals surface area contributed by atoms with Crippen LogP contribution in [0.5, 0.6) is 5.75 Å². The number of nitrogens with one attached hydrogen (secondary N) is 2. The van der Waals surface area contributed by atoms with E-state index in [2.05, 4.69) is 16.6 Å². The number of rotatable bonds is 9. The minimum atomic E-state index is -3.89. The van der Waals surface area contributed by atoms with Crippen LogP contribution in [0, 0.1) is 11.8 Å². The zero-order chi connectivity index (χ0) is 18.0. The lowest BCUT2D eigenvalue weighted by atomic mass is 10.1. The Morgan fingerprint density at radius 1 is 1.33 bits per heavy atom. The van der Waals surface area contributed by atoms with Gasteiger partial charge in [0.05, 0.1) is 4.90 Å². The van der Waals surface area contributed by atoms with E-state index in [-0.39, 0.29) is 11.5 Å². The number of sulfonamides is 1. The van der Waals surface area contributed by atoms with E-state index in [1.807, 2.05) is 6.92 Å². The molecule has 1 aromatic rings. The third-order valence-corrected chi connectivity index (χ3v) is 4.68. The average molecular weight is 354 g/mol. The van der Waals surface area contributed by atoms with Crippen LogP contribution in [-0.2, 0) is 14.8 Å². The summed E-state index contributed by atoms with van der Waals surface area (Å²) in [5, 5.41) is 8.75. The van der Waals surface area contributed by atoms with Gasteiger partial charge in [-0.3, -0.25) is 10.0 Å². The Labute approximate surface area is 142 Å². The highest BCUT2D eigenvalue weighted by atomic mass is 32.2. The standard InChI is InChI=1S/C16H22N2O5S/c1-3-5-7-15(16(19)17-20)18-24(21,22)14-10-8-13(9-11-14)23-12-6-4-2/h8-11,15,18,20H,3,5,7,12H2,1-2H3,(H,17,19)/t15-/m1/s1. The van der Waals surface area contributed by atoms with E-state index in [1.54, 1.807) is 6.92 Å². The summed E-state index contributed by atoms with van der Waals surface area (Å²) < 4.78 is 32.3. The molecule has 1 aromatic carbocycles. The summed E-state index contributed by atoms with van der Waals surface area (Å²) in [6.07, 6.45) is 1.73. The molecule has 1 atom stereocenters. The SMILES string of the molecule is CC#CCOc1ccc(S(=O)(=O)N[C@H](CCCC)C(=O)NO)cc1. The van der Waals surface area contributed by atoms with Gasteiger partial charge in [-0.2, -0.15) is 4.72 Å². The van der Waals surface area contributed by atoms with Crippen LogP contribution in [-0.4, -0.2) is 32.2 Å². The Bertz CT molecular complexity index is 689. The number of carbonyl (C=O) groups excluding carboxylic acids is 1. The molecule has 1 amide bonds. The minimum Gasteiger partial charge on any atom is -0.481 e. The van der Waals surface area contributed by atoms with Gasteiger partial charge in [-0.25, -0.2) is 13.9 Å². The van der Waals surface area contributed by atoms with Gasteiger partial charge in [0.25, 0.3) is 5.91 Å². The third-order valence-electron chi connectivity index (χ3n) is 3.19. The van der Waals surface area contributed by atoms with E-state index in [1.165, 1.54) is 29.7 Å². The number of hydrogen-bond donors (Lipinski definition) is 3. The van der Waals surface area contributed by atoms with Gasteiger partial charge in [-0.15, -0.1) is 5.92 Å². The molecule has 8 heteroatoms. The molecular weight excluding hydrogens is 332 g/mol. The highest BCUT2D eigenvalue weighted by molar-refractivity contribution is 7.89. The number of amides is 1. The number of unbranched alkanes of at least 4 members (excludes halogenated alkanes) is 1. The van der Waals surface area contributed by atoms with Crippen LogP contribution in [0.3, 0.4) is 0 Å². The molecule has 0 saturated carbocycles. The maximum Gasteiger partial charge on any atom is 0.261 e. The predicted molar refractivity (Wildman–Crippen MR) is 89.0 cm³/mol. The summed E-state index contributed by atoms with van der Waals surface area (Å²) in [6, 6.07) is 4.75. The van der Waals surface area contributed by atoms with Crippen molar-refractivity contribution in [1.29, 1.82) is 0 Å². The number of ether oxygens (including phenoxy) is 1. The number of carbonyl (C=O) groups is 1. The molecule has 0 aromatic heterocycles. The maximum atomic E-state index is 12.4. The van der Waals surface area contributed by atoms with Crippen LogP contribution in [0.4, 0.5) is 0 Å². The number of hydroxylamine groups is 1. The predicted octanol–water partition coefficient (Wildman–Crippen LogP) is 1.43. The van der Waals surface area contributed by atoms with Crippen molar-refractivity contribution in [3.8, 4) is 17.6 Å². The summed E-state index contributed by atoms with van der Waals surface area (Å²) in [5.41, 5.74) is 1.49. The first-order valence-corrected chi connectivity index (χ1v) is 9.01. The van der Waals surface area contributed by atoms with Crippen LogP contribution in [0.2, 0.25) is 0 Å². The largest absolute Gasteiger partial charge is 0.481 e. The molecule has 0 spiro atoms. The van der Waals surface area contributed by atoms with Crippen LogP contribution >= 0.6 is 0 Å². The highest BCUT2D eigenvalue weighted by Crippen LogP contribution is 2.17. The normalized spacial score (nSPS) is 12.0. The molecule has 3 N–H and O–H groups in total.